The van der Waals surface area contributed by atoms with E-state index in [4.69, 9.17) is 0 Å². The number of nitrogens with zero attached hydrogens (tertiary/aromatic N) is 3. The molecule has 0 bridgehead atoms. The van der Waals surface area contributed by atoms with Crippen LogP contribution in [0.2, 0.25) is 0 Å². The summed E-state index contributed by atoms with van der Waals surface area (Å²) in [7, 11) is 0. The number of anilines is 1. The Morgan fingerprint density at radius 3 is 2.48 bits per heavy atom. The molecule has 3 rings (SSSR count). The smallest absolute Gasteiger partial charge is 0.317 e. The average molecular weight is 375 g/mol. The van der Waals surface area contributed by atoms with Crippen LogP contribution in [-0.4, -0.2) is 42.1 Å². The van der Waals surface area contributed by atoms with Crippen molar-refractivity contribution in [3.8, 4) is 0 Å². The number of nitrogens with one attached hydrogen (secondary N) is 1. The average Bonchev–Trinajstić information content (AvgIpc) is 2.61. The van der Waals surface area contributed by atoms with Gasteiger partial charge in [0.2, 0.25) is 0 Å². The van der Waals surface area contributed by atoms with E-state index in [1.165, 1.54) is 5.69 Å². The lowest BCUT2D eigenvalue weighted by Crippen LogP contribution is -2.51. The first-order valence-electron chi connectivity index (χ1n) is 7.65. The summed E-state index contributed by atoms with van der Waals surface area (Å²) < 4.78 is 1.08. The molecule has 120 valence electrons. The fraction of sp³-hybridized carbons (Fsp3) is 0.294. The van der Waals surface area contributed by atoms with Crippen LogP contribution in [0.5, 0.6) is 0 Å². The van der Waals surface area contributed by atoms with Crippen LogP contribution in [0.25, 0.3) is 0 Å². The minimum absolute atomic E-state index is 0.0221. The molecule has 1 aromatic carbocycles. The van der Waals surface area contributed by atoms with Gasteiger partial charge in [0.15, 0.2) is 0 Å². The van der Waals surface area contributed by atoms with Crippen molar-refractivity contribution in [3.63, 3.8) is 0 Å². The van der Waals surface area contributed by atoms with Crippen LogP contribution in [0.3, 0.4) is 0 Å². The van der Waals surface area contributed by atoms with Gasteiger partial charge in [-0.2, -0.15) is 0 Å². The topological polar surface area (TPSA) is 48.5 Å². The van der Waals surface area contributed by atoms with Crippen LogP contribution in [0.15, 0.2) is 53.1 Å². The third kappa shape index (κ3) is 4.22. The molecule has 1 aromatic heterocycles. The van der Waals surface area contributed by atoms with Crippen molar-refractivity contribution in [1.29, 1.82) is 0 Å². The third-order valence-corrected chi connectivity index (χ3v) is 4.43. The standard InChI is InChI=1S/C17H19BrN4O/c18-14-4-6-16(7-5-14)21-9-11-22(12-10-21)17(23)20-13-15-3-1-2-8-19-15/h1-8H,9-13H2,(H,20,23). The van der Waals surface area contributed by atoms with Gasteiger partial charge in [0.25, 0.3) is 0 Å². The van der Waals surface area contributed by atoms with E-state index in [0.717, 1.165) is 36.3 Å². The monoisotopic (exact) mass is 374 g/mol. The maximum atomic E-state index is 12.2. The second-order valence-corrected chi connectivity index (χ2v) is 6.35. The SMILES string of the molecule is O=C(NCc1ccccn1)N1CCN(c2ccc(Br)cc2)CC1. The highest BCUT2D eigenvalue weighted by molar-refractivity contribution is 9.10. The first-order valence-corrected chi connectivity index (χ1v) is 8.45. The summed E-state index contributed by atoms with van der Waals surface area (Å²) in [4.78, 5) is 20.6. The zero-order valence-electron chi connectivity index (χ0n) is 12.8. The number of carbonyl (C=O) groups is 1. The molecule has 0 aliphatic carbocycles. The van der Waals surface area contributed by atoms with E-state index in [9.17, 15) is 4.79 Å². The van der Waals surface area contributed by atoms with Gasteiger partial charge in [-0.25, -0.2) is 4.79 Å². The van der Waals surface area contributed by atoms with E-state index in [-0.39, 0.29) is 6.03 Å². The fourth-order valence-electron chi connectivity index (χ4n) is 2.60. The van der Waals surface area contributed by atoms with Crippen molar-refractivity contribution in [2.24, 2.45) is 0 Å². The van der Waals surface area contributed by atoms with E-state index in [2.05, 4.69) is 43.3 Å². The number of benzene rings is 1. The first-order chi connectivity index (χ1) is 11.2. The maximum absolute atomic E-state index is 12.2. The molecule has 2 heterocycles. The number of amides is 2. The highest BCUT2D eigenvalue weighted by Crippen LogP contribution is 2.19. The molecule has 1 fully saturated rings. The van der Waals surface area contributed by atoms with Gasteiger partial charge in [-0.05, 0) is 36.4 Å². The van der Waals surface area contributed by atoms with E-state index in [1.54, 1.807) is 6.20 Å². The molecular formula is C17H19BrN4O. The summed E-state index contributed by atoms with van der Waals surface area (Å²) in [6.45, 7) is 3.61. The molecule has 2 aromatic rings. The molecule has 0 radical (unpaired) electrons. The highest BCUT2D eigenvalue weighted by Gasteiger charge is 2.21. The predicted molar refractivity (Wildman–Crippen MR) is 94.4 cm³/mol. The van der Waals surface area contributed by atoms with E-state index in [1.807, 2.05) is 35.2 Å². The van der Waals surface area contributed by atoms with Crippen LogP contribution in [-0.2, 0) is 6.54 Å². The van der Waals surface area contributed by atoms with Crippen molar-refractivity contribution in [2.75, 3.05) is 31.1 Å². The minimum atomic E-state index is -0.0221. The Kier molecular flexibility index (Phi) is 5.12. The molecule has 1 aliphatic heterocycles. The summed E-state index contributed by atoms with van der Waals surface area (Å²) in [6, 6.07) is 14.0. The number of hydrogen-bond donors (Lipinski definition) is 1. The number of aromatic nitrogens is 1. The number of urea groups is 1. The van der Waals surface area contributed by atoms with Crippen LogP contribution in [0.1, 0.15) is 5.69 Å². The molecule has 1 saturated heterocycles. The molecule has 6 heteroatoms. The molecule has 5 nitrogen and oxygen atoms in total. The highest BCUT2D eigenvalue weighted by atomic mass is 79.9. The Hall–Kier alpha value is -2.08. The van der Waals surface area contributed by atoms with Gasteiger partial charge in [0.05, 0.1) is 12.2 Å². The van der Waals surface area contributed by atoms with E-state index < -0.39 is 0 Å². The van der Waals surface area contributed by atoms with Gasteiger partial charge in [-0.1, -0.05) is 22.0 Å². The maximum Gasteiger partial charge on any atom is 0.317 e. The normalized spacial score (nSPS) is 14.7. The number of halogens is 1. The molecular weight excluding hydrogens is 356 g/mol. The Labute approximate surface area is 144 Å². The van der Waals surface area contributed by atoms with Crippen molar-refractivity contribution in [1.82, 2.24) is 15.2 Å². The van der Waals surface area contributed by atoms with Crippen LogP contribution >= 0.6 is 15.9 Å². The van der Waals surface area contributed by atoms with Crippen LogP contribution in [0, 0.1) is 0 Å². The molecule has 0 atom stereocenters. The Morgan fingerprint density at radius 1 is 1.09 bits per heavy atom. The predicted octanol–water partition coefficient (Wildman–Crippen LogP) is 2.88. The second-order valence-electron chi connectivity index (χ2n) is 5.43. The van der Waals surface area contributed by atoms with E-state index >= 15 is 0 Å². The molecule has 23 heavy (non-hydrogen) atoms. The quantitative estimate of drug-likeness (QED) is 0.898. The summed E-state index contributed by atoms with van der Waals surface area (Å²) in [5.74, 6) is 0. The lowest BCUT2D eigenvalue weighted by molar-refractivity contribution is 0.194. The summed E-state index contributed by atoms with van der Waals surface area (Å²) >= 11 is 3.45. The lowest BCUT2D eigenvalue weighted by Gasteiger charge is -2.36. The van der Waals surface area contributed by atoms with Gasteiger partial charge in [-0.3, -0.25) is 4.98 Å². The molecule has 0 unspecified atom stereocenters. The first kappa shape index (κ1) is 15.8. The Bertz CT molecular complexity index is 639. The minimum Gasteiger partial charge on any atom is -0.368 e. The van der Waals surface area contributed by atoms with Gasteiger partial charge in [-0.15, -0.1) is 0 Å². The summed E-state index contributed by atoms with van der Waals surface area (Å²) in [6.07, 6.45) is 1.73. The number of hydrogen-bond acceptors (Lipinski definition) is 3. The molecule has 0 spiro atoms. The number of pyridine rings is 1. The number of piperazine rings is 1. The second kappa shape index (κ2) is 7.46. The Balaban J connectivity index is 1.48. The van der Waals surface area contributed by atoms with Crippen molar-refractivity contribution >= 4 is 27.6 Å². The van der Waals surface area contributed by atoms with Crippen molar-refractivity contribution in [2.45, 2.75) is 6.54 Å². The fourth-order valence-corrected chi connectivity index (χ4v) is 2.86. The van der Waals surface area contributed by atoms with Crippen molar-refractivity contribution < 1.29 is 4.79 Å². The van der Waals surface area contributed by atoms with Gasteiger partial charge in [0.1, 0.15) is 0 Å². The Morgan fingerprint density at radius 2 is 1.83 bits per heavy atom. The van der Waals surface area contributed by atoms with Gasteiger partial charge < -0.3 is 15.1 Å². The van der Waals surface area contributed by atoms with Gasteiger partial charge in [0, 0.05) is 42.5 Å². The molecule has 0 saturated carbocycles. The number of carbonyl (C=O) groups excluding carboxylic acids is 1. The van der Waals surface area contributed by atoms with Gasteiger partial charge >= 0.3 is 6.03 Å². The van der Waals surface area contributed by atoms with Crippen LogP contribution in [0.4, 0.5) is 10.5 Å². The van der Waals surface area contributed by atoms with Crippen LogP contribution < -0.4 is 10.2 Å². The molecule has 1 N–H and O–H groups in total. The molecule has 2 amide bonds. The zero-order chi connectivity index (χ0) is 16.1. The summed E-state index contributed by atoms with van der Waals surface area (Å²) in [5, 5.41) is 2.93. The largest absolute Gasteiger partial charge is 0.368 e. The third-order valence-electron chi connectivity index (χ3n) is 3.91. The summed E-state index contributed by atoms with van der Waals surface area (Å²) in [5.41, 5.74) is 2.07. The van der Waals surface area contributed by atoms with Crippen molar-refractivity contribution in [3.05, 3.63) is 58.8 Å². The zero-order valence-corrected chi connectivity index (χ0v) is 14.4. The lowest BCUT2D eigenvalue weighted by atomic mass is 10.2. The number of rotatable bonds is 3. The molecule has 1 aliphatic rings. The van der Waals surface area contributed by atoms with E-state index in [0.29, 0.717) is 6.54 Å².